The number of rotatable bonds is 30. The van der Waals surface area contributed by atoms with E-state index in [2.05, 4.69) is 41.9 Å². The Labute approximate surface area is 463 Å². The van der Waals surface area contributed by atoms with Gasteiger partial charge < -0.3 is 85.7 Å². The van der Waals surface area contributed by atoms with Gasteiger partial charge in [0, 0.05) is 55.2 Å². The number of likely N-dealkylation sites (tertiary alicyclic amines) is 2. The van der Waals surface area contributed by atoms with Gasteiger partial charge in [0.2, 0.25) is 47.3 Å². The Bertz CT molecular complexity index is 2600. The maximum atomic E-state index is 14.3. The third kappa shape index (κ3) is 19.3. The summed E-state index contributed by atoms with van der Waals surface area (Å²) in [4.78, 5) is 134. The Balaban J connectivity index is 1.24. The van der Waals surface area contributed by atoms with Gasteiger partial charge in [-0.25, -0.2) is 4.79 Å². The molecule has 0 bridgehead atoms. The van der Waals surface area contributed by atoms with Crippen LogP contribution in [0.4, 0.5) is 0 Å². The second-order valence-corrected chi connectivity index (χ2v) is 21.0. The largest absolute Gasteiger partial charge is 0.480 e. The fourth-order valence-electron chi connectivity index (χ4n) is 8.97. The van der Waals surface area contributed by atoms with Crippen LogP contribution in [0.25, 0.3) is 0 Å². The number of nitrogens with one attached hydrogen (secondary N) is 6. The Kier molecular flexibility index (Phi) is 24.4. The summed E-state index contributed by atoms with van der Waals surface area (Å²) in [6, 6.07) is 4.83. The maximum absolute atomic E-state index is 14.3. The van der Waals surface area contributed by atoms with E-state index < -0.39 is 121 Å². The number of amides is 8. The van der Waals surface area contributed by atoms with Crippen molar-refractivity contribution in [2.24, 2.45) is 38.7 Å². The fraction of sp³-hybridized carbons (Fsp3) is 0.500. The normalized spacial score (nSPS) is 18.1. The van der Waals surface area contributed by atoms with Crippen LogP contribution in [0.5, 0.6) is 0 Å². The van der Waals surface area contributed by atoms with Gasteiger partial charge in [-0.05, 0) is 73.4 Å². The molecule has 0 unspecified atom stereocenters. The molecule has 9 atom stereocenters. The zero-order valence-electron chi connectivity index (χ0n) is 43.4. The molecule has 4 heterocycles. The number of hydrogen-bond donors (Lipinski definition) is 14. The van der Waals surface area contributed by atoms with Crippen LogP contribution in [0, 0.1) is 0 Å². The number of carboxylic acid groups (broad SMARTS) is 1. The molecule has 3 aromatic rings. The Morgan fingerprint density at radius 3 is 1.72 bits per heavy atom. The summed E-state index contributed by atoms with van der Waals surface area (Å²) in [5, 5.41) is 50.0. The zero-order valence-corrected chi connectivity index (χ0v) is 45.0. The van der Waals surface area contributed by atoms with Gasteiger partial charge in [0.25, 0.3) is 0 Å². The molecule has 2 aromatic heterocycles. The molecule has 5 rings (SSSR count). The Morgan fingerprint density at radius 1 is 0.646 bits per heavy atom. The number of hydrogen-bond acceptors (Lipinski definition) is 16. The molecule has 0 spiro atoms. The highest BCUT2D eigenvalue weighted by molar-refractivity contribution is 7.10. The minimum atomic E-state index is -1.70. The number of thiophene rings is 2. The van der Waals surface area contributed by atoms with Gasteiger partial charge in [0.15, 0.2) is 11.9 Å². The molecule has 2 aliphatic heterocycles. The van der Waals surface area contributed by atoms with Crippen LogP contribution in [0.15, 0.2) is 75.3 Å². The van der Waals surface area contributed by atoms with E-state index in [9.17, 15) is 58.5 Å². The molecular weight excluding hydrogens is 1070 g/mol. The number of aliphatic carboxylic acids is 1. The van der Waals surface area contributed by atoms with Crippen molar-refractivity contribution in [2.45, 2.75) is 119 Å². The monoisotopic (exact) mass is 1140 g/mol. The first-order valence-electron chi connectivity index (χ1n) is 25.6. The smallest absolute Gasteiger partial charge is 0.326 e. The van der Waals surface area contributed by atoms with Gasteiger partial charge in [-0.1, -0.05) is 42.5 Å². The first kappa shape index (κ1) is 62.1. The molecule has 0 aliphatic carbocycles. The average Bonchev–Trinajstić information content (AvgIpc) is 4.28. The van der Waals surface area contributed by atoms with Gasteiger partial charge in [-0.15, -0.1) is 22.7 Å². The first-order chi connectivity index (χ1) is 37.8. The number of carbonyl (C=O) groups excluding carboxylic acids is 8. The number of nitrogens with zero attached hydrogens (tertiary/aromatic N) is 4. The number of benzene rings is 1. The zero-order chi connectivity index (χ0) is 57.6. The van der Waals surface area contributed by atoms with Crippen molar-refractivity contribution in [1.29, 1.82) is 0 Å². The number of aliphatic hydroxyl groups excluding tert-OH is 2. The van der Waals surface area contributed by atoms with Gasteiger partial charge >= 0.3 is 5.97 Å². The summed E-state index contributed by atoms with van der Waals surface area (Å²) < 4.78 is 0. The van der Waals surface area contributed by atoms with Crippen molar-refractivity contribution < 1.29 is 58.5 Å². The number of aliphatic hydroxyl groups is 2. The molecule has 19 N–H and O–H groups in total. The van der Waals surface area contributed by atoms with Gasteiger partial charge in [-0.3, -0.25) is 48.3 Å². The van der Waals surface area contributed by atoms with Crippen molar-refractivity contribution in [2.75, 3.05) is 39.3 Å². The van der Waals surface area contributed by atoms with Crippen molar-refractivity contribution in [3.63, 3.8) is 0 Å². The molecule has 1 aromatic carbocycles. The van der Waals surface area contributed by atoms with Crippen molar-refractivity contribution >= 4 is 87.8 Å². The molecule has 27 nitrogen and oxygen atoms in total. The lowest BCUT2D eigenvalue weighted by atomic mass is 10.0. The minimum Gasteiger partial charge on any atom is -0.480 e. The summed E-state index contributed by atoms with van der Waals surface area (Å²) in [5.41, 5.74) is 28.3. The first-order valence-corrected chi connectivity index (χ1v) is 27.4. The summed E-state index contributed by atoms with van der Waals surface area (Å²) in [6.07, 6.45) is 0.0533. The molecule has 2 saturated heterocycles. The average molecular weight is 1140 g/mol. The third-order valence-corrected chi connectivity index (χ3v) is 14.8. The van der Waals surface area contributed by atoms with E-state index in [1.807, 2.05) is 0 Å². The van der Waals surface area contributed by atoms with Crippen molar-refractivity contribution in [3.8, 4) is 0 Å². The van der Waals surface area contributed by atoms with E-state index >= 15 is 0 Å². The van der Waals surface area contributed by atoms with Crippen molar-refractivity contribution in [3.05, 3.63) is 80.7 Å². The SMILES string of the molecule is NC(N)=NCCC[C@H](NC(=O)[C@H](Cc1cccs1)NC(=O)[C@@H](Cc1ccccc1)NC(=O)[C@H](CO)NC(=O)[C@H](Cc1cccs1)NC(=O)CNC(=O)[C@@H]1[C@@H](O)CCN1C(=O)[C@@H]1CCCN1C(=O)[C@@H](N)CCCN=C(N)N)C(=O)O. The lowest BCUT2D eigenvalue weighted by Gasteiger charge is -2.32. The standard InChI is InChI=1S/C50H71N15O12S2/c51-31(13-4-17-56-49(52)53)46(74)64-19-6-15-37(64)47(75)65-20-16-38(67)40(65)45(73)58-26-39(68)59-34(24-29-11-7-21-78-29)42(70)63-36(27-66)44(72)61-33(23-28-9-2-1-3-10-28)41(69)62-35(25-30-12-8-22-79-30)43(71)60-32(48(76)77)14-5-18-57-50(54)55/h1-3,7-12,21-22,31-38,40,66-67H,4-6,13-20,23-27,51H2,(H,58,73)(H,59,68)(H,60,71)(H,61,72)(H,62,69)(H,63,70)(H,76,77)(H4,52,53,56)(H4,54,55,57)/t31-,32-,33+,34-,35-,36-,37-,38-,40-/m0/s1. The van der Waals surface area contributed by atoms with Crippen LogP contribution in [0.2, 0.25) is 0 Å². The van der Waals surface area contributed by atoms with Gasteiger partial charge in [0.1, 0.15) is 42.3 Å². The summed E-state index contributed by atoms with van der Waals surface area (Å²) in [6.45, 7) is -1.09. The fourth-order valence-corrected chi connectivity index (χ4v) is 10.5. The molecule has 2 fully saturated rings. The van der Waals surface area contributed by atoms with Crippen LogP contribution in [0.3, 0.4) is 0 Å². The van der Waals surface area contributed by atoms with E-state index in [0.29, 0.717) is 34.6 Å². The van der Waals surface area contributed by atoms with Crippen LogP contribution in [-0.2, 0) is 62.4 Å². The highest BCUT2D eigenvalue weighted by atomic mass is 32.1. The Morgan fingerprint density at radius 2 is 1.18 bits per heavy atom. The molecule has 79 heavy (non-hydrogen) atoms. The molecule has 2 aliphatic rings. The second-order valence-electron chi connectivity index (χ2n) is 18.9. The van der Waals surface area contributed by atoms with Crippen LogP contribution in [-0.4, -0.2) is 184 Å². The lowest BCUT2D eigenvalue weighted by molar-refractivity contribution is -0.148. The highest BCUT2D eigenvalue weighted by Crippen LogP contribution is 2.26. The van der Waals surface area contributed by atoms with Crippen molar-refractivity contribution in [1.82, 2.24) is 41.7 Å². The van der Waals surface area contributed by atoms with E-state index in [-0.39, 0.29) is 83.0 Å². The third-order valence-electron chi connectivity index (χ3n) is 13.0. The number of aliphatic imine (C=N–C) groups is 2. The predicted octanol–water partition coefficient (Wildman–Crippen LogP) is -4.16. The topological polar surface area (TPSA) is 448 Å². The van der Waals surface area contributed by atoms with E-state index in [1.54, 1.807) is 65.4 Å². The molecular formula is C50H71N15O12S2. The molecule has 430 valence electrons. The number of nitrogens with two attached hydrogens (primary N) is 5. The number of carbonyl (C=O) groups is 9. The quantitative estimate of drug-likeness (QED) is 0.0171. The summed E-state index contributed by atoms with van der Waals surface area (Å²) in [5.74, 6) is -8.02. The number of carboxylic acids is 1. The molecule has 0 radical (unpaired) electrons. The highest BCUT2D eigenvalue weighted by Gasteiger charge is 2.46. The van der Waals surface area contributed by atoms with Crippen LogP contribution in [0.1, 0.15) is 60.3 Å². The maximum Gasteiger partial charge on any atom is 0.326 e. The minimum absolute atomic E-state index is 0.0135. The number of guanidine groups is 2. The second kappa shape index (κ2) is 31.0. The van der Waals surface area contributed by atoms with Gasteiger partial charge in [-0.2, -0.15) is 0 Å². The Hall–Kier alpha value is -7.73. The summed E-state index contributed by atoms with van der Waals surface area (Å²) >= 11 is 2.55. The molecule has 0 saturated carbocycles. The molecule has 8 amide bonds. The van der Waals surface area contributed by atoms with Gasteiger partial charge in [0.05, 0.1) is 25.3 Å². The summed E-state index contributed by atoms with van der Waals surface area (Å²) in [7, 11) is 0. The van der Waals surface area contributed by atoms with Crippen LogP contribution < -0.4 is 60.6 Å². The van der Waals surface area contributed by atoms with Crippen LogP contribution >= 0.6 is 22.7 Å². The van der Waals surface area contributed by atoms with E-state index in [4.69, 9.17) is 28.7 Å². The van der Waals surface area contributed by atoms with E-state index in [0.717, 1.165) is 0 Å². The lowest BCUT2D eigenvalue weighted by Crippen LogP contribution is -2.60. The molecule has 29 heteroatoms. The van der Waals surface area contributed by atoms with E-state index in [1.165, 1.54) is 32.5 Å². The predicted molar refractivity (Wildman–Crippen MR) is 292 cm³/mol.